The van der Waals surface area contributed by atoms with Gasteiger partial charge in [0.2, 0.25) is 5.91 Å². The lowest BCUT2D eigenvalue weighted by Crippen LogP contribution is -2.32. The maximum Gasteiger partial charge on any atom is 0.222 e. The van der Waals surface area contributed by atoms with Crippen LogP contribution in [0.3, 0.4) is 0 Å². The predicted molar refractivity (Wildman–Crippen MR) is 76.9 cm³/mol. The first-order valence-electron chi connectivity index (χ1n) is 7.04. The number of fused-ring (bicyclic) bond motifs is 1. The fraction of sp³-hybridized carbons (Fsp3) is 0.533. The van der Waals surface area contributed by atoms with Crippen LogP contribution in [0.15, 0.2) is 18.2 Å². The summed E-state index contributed by atoms with van der Waals surface area (Å²) in [5.74, 6) is 1.47. The largest absolute Gasteiger partial charge is 0.486 e. The van der Waals surface area contributed by atoms with Gasteiger partial charge in [-0.25, -0.2) is 0 Å². The zero-order valence-corrected chi connectivity index (χ0v) is 12.0. The molecule has 110 valence electrons. The van der Waals surface area contributed by atoms with Gasteiger partial charge in [0.15, 0.2) is 11.5 Å². The van der Waals surface area contributed by atoms with E-state index in [1.807, 2.05) is 32.0 Å². The van der Waals surface area contributed by atoms with Crippen molar-refractivity contribution in [3.05, 3.63) is 23.8 Å². The van der Waals surface area contributed by atoms with Crippen molar-refractivity contribution >= 4 is 5.91 Å². The number of hydrogen-bond acceptors (Lipinski definition) is 4. The molecule has 2 rings (SSSR count). The summed E-state index contributed by atoms with van der Waals surface area (Å²) in [5, 5.41) is 2.95. The van der Waals surface area contributed by atoms with Crippen molar-refractivity contribution in [1.29, 1.82) is 0 Å². The molecule has 2 atom stereocenters. The van der Waals surface area contributed by atoms with Gasteiger partial charge in [-0.15, -0.1) is 0 Å². The minimum atomic E-state index is -0.0811. The first kappa shape index (κ1) is 14.7. The van der Waals surface area contributed by atoms with E-state index < -0.39 is 0 Å². The van der Waals surface area contributed by atoms with Crippen LogP contribution in [0.4, 0.5) is 0 Å². The third kappa shape index (κ3) is 3.63. The van der Waals surface area contributed by atoms with E-state index in [-0.39, 0.29) is 18.0 Å². The summed E-state index contributed by atoms with van der Waals surface area (Å²) in [6.07, 6.45) is 1.15. The number of carbonyl (C=O) groups excluding carboxylic acids is 1. The molecule has 0 aromatic heterocycles. The molecule has 1 aromatic rings. The molecule has 0 spiro atoms. The van der Waals surface area contributed by atoms with Gasteiger partial charge in [-0.3, -0.25) is 4.79 Å². The highest BCUT2D eigenvalue weighted by Crippen LogP contribution is 2.32. The number of nitrogens with two attached hydrogens (primary N) is 1. The van der Waals surface area contributed by atoms with E-state index in [1.54, 1.807) is 0 Å². The third-order valence-electron chi connectivity index (χ3n) is 3.42. The van der Waals surface area contributed by atoms with Gasteiger partial charge in [-0.2, -0.15) is 0 Å². The van der Waals surface area contributed by atoms with Crippen LogP contribution in [0, 0.1) is 0 Å². The number of ether oxygens (including phenoxy) is 2. The average molecular weight is 278 g/mol. The smallest absolute Gasteiger partial charge is 0.222 e. The van der Waals surface area contributed by atoms with Gasteiger partial charge in [-0.05, 0) is 31.0 Å². The standard InChI is InChI=1S/C15H22N2O3/c1-3-12(16)9-15(18)17-10(2)11-4-5-13-14(8-11)20-7-6-19-13/h4-5,8,10,12H,3,6-7,9,16H2,1-2H3,(H,17,18). The molecule has 1 aromatic carbocycles. The van der Waals surface area contributed by atoms with Crippen LogP contribution in [0.25, 0.3) is 0 Å². The Morgan fingerprint density at radius 2 is 2.05 bits per heavy atom. The van der Waals surface area contributed by atoms with E-state index in [1.165, 1.54) is 0 Å². The SMILES string of the molecule is CCC(N)CC(=O)NC(C)c1ccc2c(c1)OCCO2. The number of hydrogen-bond donors (Lipinski definition) is 2. The van der Waals surface area contributed by atoms with Crippen molar-refractivity contribution in [2.75, 3.05) is 13.2 Å². The Bertz CT molecular complexity index is 476. The zero-order valence-electron chi connectivity index (χ0n) is 12.0. The fourth-order valence-electron chi connectivity index (χ4n) is 2.10. The summed E-state index contributed by atoms with van der Waals surface area (Å²) in [7, 11) is 0. The summed E-state index contributed by atoms with van der Waals surface area (Å²) < 4.78 is 11.0. The molecule has 1 amide bonds. The minimum Gasteiger partial charge on any atom is -0.486 e. The number of rotatable bonds is 5. The molecule has 0 saturated heterocycles. The molecule has 1 aliphatic rings. The Morgan fingerprint density at radius 3 is 2.75 bits per heavy atom. The maximum atomic E-state index is 11.8. The maximum absolute atomic E-state index is 11.8. The third-order valence-corrected chi connectivity index (χ3v) is 3.42. The topological polar surface area (TPSA) is 73.6 Å². The summed E-state index contributed by atoms with van der Waals surface area (Å²) in [4.78, 5) is 11.8. The van der Waals surface area contributed by atoms with Crippen molar-refractivity contribution in [3.63, 3.8) is 0 Å². The Hall–Kier alpha value is -1.75. The highest BCUT2D eigenvalue weighted by atomic mass is 16.6. The fourth-order valence-corrected chi connectivity index (χ4v) is 2.10. The van der Waals surface area contributed by atoms with Crippen molar-refractivity contribution in [2.45, 2.75) is 38.8 Å². The molecule has 5 nitrogen and oxygen atoms in total. The van der Waals surface area contributed by atoms with Gasteiger partial charge in [0.25, 0.3) is 0 Å². The lowest BCUT2D eigenvalue weighted by molar-refractivity contribution is -0.122. The molecule has 0 bridgehead atoms. The predicted octanol–water partition coefficient (Wildman–Crippen LogP) is 1.76. The molecule has 0 aliphatic carbocycles. The monoisotopic (exact) mass is 278 g/mol. The van der Waals surface area contributed by atoms with Crippen molar-refractivity contribution in [1.82, 2.24) is 5.32 Å². The molecule has 20 heavy (non-hydrogen) atoms. The van der Waals surface area contributed by atoms with Crippen molar-refractivity contribution in [3.8, 4) is 11.5 Å². The number of amides is 1. The van der Waals surface area contributed by atoms with Crippen LogP contribution in [-0.4, -0.2) is 25.2 Å². The molecule has 0 fully saturated rings. The van der Waals surface area contributed by atoms with Crippen LogP contribution in [0.2, 0.25) is 0 Å². The quantitative estimate of drug-likeness (QED) is 0.860. The second-order valence-electron chi connectivity index (χ2n) is 5.06. The molecule has 0 radical (unpaired) electrons. The number of benzene rings is 1. The molecule has 2 unspecified atom stereocenters. The first-order valence-corrected chi connectivity index (χ1v) is 7.04. The number of carbonyl (C=O) groups is 1. The van der Waals surface area contributed by atoms with E-state index in [9.17, 15) is 4.79 Å². The summed E-state index contributed by atoms with van der Waals surface area (Å²) in [6, 6.07) is 5.58. The normalized spacial score (nSPS) is 16.4. The van der Waals surface area contributed by atoms with Gasteiger partial charge in [-0.1, -0.05) is 13.0 Å². The first-order chi connectivity index (χ1) is 9.60. The highest BCUT2D eigenvalue weighted by Gasteiger charge is 2.16. The van der Waals surface area contributed by atoms with Crippen molar-refractivity contribution in [2.24, 2.45) is 5.73 Å². The van der Waals surface area contributed by atoms with Gasteiger partial charge in [0.05, 0.1) is 6.04 Å². The molecule has 5 heteroatoms. The summed E-state index contributed by atoms with van der Waals surface area (Å²) >= 11 is 0. The van der Waals surface area contributed by atoms with Crippen LogP contribution in [0.1, 0.15) is 38.3 Å². The van der Waals surface area contributed by atoms with E-state index in [2.05, 4.69) is 5.32 Å². The van der Waals surface area contributed by atoms with Crippen LogP contribution in [0.5, 0.6) is 11.5 Å². The Kier molecular flexibility index (Phi) is 4.84. The van der Waals surface area contributed by atoms with Crippen molar-refractivity contribution < 1.29 is 14.3 Å². The molecule has 1 heterocycles. The van der Waals surface area contributed by atoms with Crippen LogP contribution in [-0.2, 0) is 4.79 Å². The Labute approximate surface area is 119 Å². The minimum absolute atomic E-state index is 0.0262. The van der Waals surface area contributed by atoms with Gasteiger partial charge in [0.1, 0.15) is 13.2 Å². The van der Waals surface area contributed by atoms with Crippen LogP contribution < -0.4 is 20.5 Å². The highest BCUT2D eigenvalue weighted by molar-refractivity contribution is 5.77. The van der Waals surface area contributed by atoms with E-state index in [0.29, 0.717) is 19.6 Å². The molecule has 3 N–H and O–H groups in total. The van der Waals surface area contributed by atoms with Gasteiger partial charge < -0.3 is 20.5 Å². The lowest BCUT2D eigenvalue weighted by Gasteiger charge is -2.21. The lowest BCUT2D eigenvalue weighted by atomic mass is 10.1. The molecular weight excluding hydrogens is 256 g/mol. The zero-order chi connectivity index (χ0) is 14.5. The summed E-state index contributed by atoms with van der Waals surface area (Å²) in [6.45, 7) is 5.05. The van der Waals surface area contributed by atoms with E-state index in [0.717, 1.165) is 23.5 Å². The Balaban J connectivity index is 1.98. The van der Waals surface area contributed by atoms with E-state index >= 15 is 0 Å². The Morgan fingerprint density at radius 1 is 1.35 bits per heavy atom. The van der Waals surface area contributed by atoms with Crippen LogP contribution >= 0.6 is 0 Å². The second-order valence-corrected chi connectivity index (χ2v) is 5.06. The number of nitrogens with one attached hydrogen (secondary N) is 1. The van der Waals surface area contributed by atoms with E-state index in [4.69, 9.17) is 15.2 Å². The van der Waals surface area contributed by atoms with Gasteiger partial charge in [0, 0.05) is 12.5 Å². The summed E-state index contributed by atoms with van der Waals surface area (Å²) in [5.41, 5.74) is 6.78. The molecule has 1 aliphatic heterocycles. The average Bonchev–Trinajstić information content (AvgIpc) is 2.46. The second kappa shape index (κ2) is 6.61. The molecular formula is C15H22N2O3. The molecule has 0 saturated carbocycles. The van der Waals surface area contributed by atoms with Gasteiger partial charge >= 0.3 is 0 Å².